The Morgan fingerprint density at radius 3 is 2.30 bits per heavy atom. The van der Waals surface area contributed by atoms with Crippen molar-refractivity contribution in [2.45, 2.75) is 46.0 Å². The molecule has 0 bridgehead atoms. The average molecular weight is 424 g/mol. The topological polar surface area (TPSA) is 64.0 Å². The lowest BCUT2D eigenvalue weighted by atomic mass is 10.1. The van der Waals surface area contributed by atoms with Crippen LogP contribution in [-0.2, 0) is 22.6 Å². The first-order chi connectivity index (χ1) is 12.6. The molecule has 0 amide bonds. The quantitative estimate of drug-likeness (QED) is 0.715. The van der Waals surface area contributed by atoms with Crippen molar-refractivity contribution in [3.05, 3.63) is 33.9 Å². The second-order valence-corrected chi connectivity index (χ2v) is 6.25. The zero-order chi connectivity index (χ0) is 20.8. The number of benzene rings is 1. The maximum Gasteiger partial charge on any atom is 0.408 e. The number of rotatable bonds is 5. The van der Waals surface area contributed by atoms with Gasteiger partial charge in [-0.25, -0.2) is 0 Å². The SMILES string of the molecule is CCc1nn(CC)c(-c2ccc(N[C@H](C)C(F)(F)F)cc2Cl)c1Cl.O=C=O. The highest BCUT2D eigenvalue weighted by Gasteiger charge is 2.36. The van der Waals surface area contributed by atoms with E-state index in [-0.39, 0.29) is 6.15 Å². The molecule has 0 fully saturated rings. The van der Waals surface area contributed by atoms with Gasteiger partial charge in [0.05, 0.1) is 21.4 Å². The number of alkyl halides is 3. The monoisotopic (exact) mass is 423 g/mol. The molecular formula is C17H18Cl2F3N3O2. The van der Waals surface area contributed by atoms with Crippen LogP contribution >= 0.6 is 23.2 Å². The van der Waals surface area contributed by atoms with Crippen LogP contribution in [-0.4, -0.2) is 28.2 Å². The molecule has 10 heteroatoms. The van der Waals surface area contributed by atoms with Crippen LogP contribution in [0.5, 0.6) is 0 Å². The molecule has 1 atom stereocenters. The summed E-state index contributed by atoms with van der Waals surface area (Å²) in [4.78, 5) is 16.2. The van der Waals surface area contributed by atoms with Crippen molar-refractivity contribution in [1.29, 1.82) is 0 Å². The van der Waals surface area contributed by atoms with E-state index in [1.165, 1.54) is 6.07 Å². The molecule has 2 aromatic rings. The Labute approximate surface area is 164 Å². The average Bonchev–Trinajstić information content (AvgIpc) is 2.91. The number of anilines is 1. The van der Waals surface area contributed by atoms with Gasteiger partial charge in [-0.3, -0.25) is 4.68 Å². The molecule has 0 spiro atoms. The molecule has 2 rings (SSSR count). The van der Waals surface area contributed by atoms with Crippen molar-refractivity contribution in [3.8, 4) is 11.3 Å². The minimum Gasteiger partial charge on any atom is -0.374 e. The van der Waals surface area contributed by atoms with E-state index in [0.29, 0.717) is 40.0 Å². The number of hydrogen-bond acceptors (Lipinski definition) is 4. The predicted octanol–water partition coefficient (Wildman–Crippen LogP) is 5.22. The maximum atomic E-state index is 12.6. The van der Waals surface area contributed by atoms with E-state index >= 15 is 0 Å². The van der Waals surface area contributed by atoms with Crippen LogP contribution in [0.2, 0.25) is 10.0 Å². The molecule has 0 aliphatic heterocycles. The Hall–Kier alpha value is -2.02. The van der Waals surface area contributed by atoms with E-state index in [4.69, 9.17) is 32.8 Å². The summed E-state index contributed by atoms with van der Waals surface area (Å²) in [5, 5.41) is 7.66. The maximum absolute atomic E-state index is 12.6. The summed E-state index contributed by atoms with van der Waals surface area (Å²) in [5.41, 5.74) is 2.37. The third-order valence-corrected chi connectivity index (χ3v) is 4.40. The smallest absolute Gasteiger partial charge is 0.374 e. The van der Waals surface area contributed by atoms with Gasteiger partial charge in [0.1, 0.15) is 6.04 Å². The van der Waals surface area contributed by atoms with Crippen molar-refractivity contribution in [3.63, 3.8) is 0 Å². The van der Waals surface area contributed by atoms with Gasteiger partial charge in [0, 0.05) is 17.8 Å². The third kappa shape index (κ3) is 5.73. The van der Waals surface area contributed by atoms with E-state index in [1.807, 2.05) is 13.8 Å². The highest BCUT2D eigenvalue weighted by atomic mass is 35.5. The molecule has 0 radical (unpaired) electrons. The van der Waals surface area contributed by atoms with Gasteiger partial charge >= 0.3 is 12.3 Å². The number of aryl methyl sites for hydroxylation is 2. The van der Waals surface area contributed by atoms with Gasteiger partial charge in [-0.15, -0.1) is 0 Å². The number of halogens is 5. The molecule has 1 N–H and O–H groups in total. The summed E-state index contributed by atoms with van der Waals surface area (Å²) in [5.74, 6) is 0. The van der Waals surface area contributed by atoms with Gasteiger partial charge in [0.15, 0.2) is 0 Å². The first-order valence-electron chi connectivity index (χ1n) is 7.98. The molecule has 1 aromatic heterocycles. The van der Waals surface area contributed by atoms with Crippen LogP contribution in [0.25, 0.3) is 11.3 Å². The van der Waals surface area contributed by atoms with Crippen LogP contribution in [0.1, 0.15) is 26.5 Å². The Morgan fingerprint density at radius 1 is 1.26 bits per heavy atom. The van der Waals surface area contributed by atoms with Gasteiger partial charge in [0.25, 0.3) is 0 Å². The minimum atomic E-state index is -4.33. The summed E-state index contributed by atoms with van der Waals surface area (Å²) in [6.45, 7) is 5.54. The van der Waals surface area contributed by atoms with E-state index < -0.39 is 12.2 Å². The highest BCUT2D eigenvalue weighted by molar-refractivity contribution is 6.36. The van der Waals surface area contributed by atoms with Crippen molar-refractivity contribution >= 4 is 35.0 Å². The lowest BCUT2D eigenvalue weighted by molar-refractivity contribution is -0.191. The van der Waals surface area contributed by atoms with Gasteiger partial charge in [-0.05, 0) is 38.5 Å². The molecule has 0 saturated carbocycles. The molecule has 1 heterocycles. The fraction of sp³-hybridized carbons (Fsp3) is 0.412. The predicted molar refractivity (Wildman–Crippen MR) is 96.9 cm³/mol. The first-order valence-corrected chi connectivity index (χ1v) is 8.73. The molecule has 5 nitrogen and oxygen atoms in total. The van der Waals surface area contributed by atoms with E-state index in [9.17, 15) is 13.2 Å². The zero-order valence-electron chi connectivity index (χ0n) is 14.8. The number of nitrogens with one attached hydrogen (secondary N) is 1. The van der Waals surface area contributed by atoms with Crippen LogP contribution in [0.4, 0.5) is 18.9 Å². The Balaban J connectivity index is 0.00000114. The molecule has 0 aliphatic rings. The Morgan fingerprint density at radius 2 is 1.85 bits per heavy atom. The fourth-order valence-corrected chi connectivity index (χ4v) is 2.97. The van der Waals surface area contributed by atoms with Gasteiger partial charge in [0.2, 0.25) is 0 Å². The van der Waals surface area contributed by atoms with E-state index in [1.54, 1.807) is 16.8 Å². The summed E-state index contributed by atoms with van der Waals surface area (Å²) in [6.07, 6.45) is -3.40. The number of hydrogen-bond donors (Lipinski definition) is 1. The van der Waals surface area contributed by atoms with Crippen LogP contribution in [0.15, 0.2) is 18.2 Å². The Bertz CT molecular complexity index is 816. The molecule has 0 unspecified atom stereocenters. The summed E-state index contributed by atoms with van der Waals surface area (Å²) < 4.78 is 39.7. The van der Waals surface area contributed by atoms with Crippen molar-refractivity contribution in [2.24, 2.45) is 0 Å². The second-order valence-electron chi connectivity index (χ2n) is 5.46. The lowest BCUT2D eigenvalue weighted by Gasteiger charge is -2.19. The highest BCUT2D eigenvalue weighted by Crippen LogP contribution is 2.37. The zero-order valence-corrected chi connectivity index (χ0v) is 16.3. The standard InChI is InChI=1S/C16H18Cl2F3N3.CO2/c1-4-13-14(18)15(24(5-2)23-13)11-7-6-10(8-12(11)17)22-9(3)16(19,20)21;2-1-3/h6-9,22H,4-5H2,1-3H3;/t9-;/m1./s1. The summed E-state index contributed by atoms with van der Waals surface area (Å²) in [7, 11) is 0. The van der Waals surface area contributed by atoms with E-state index in [0.717, 1.165) is 12.6 Å². The van der Waals surface area contributed by atoms with Crippen LogP contribution in [0, 0.1) is 0 Å². The van der Waals surface area contributed by atoms with Gasteiger partial charge in [-0.2, -0.15) is 27.9 Å². The van der Waals surface area contributed by atoms with E-state index in [2.05, 4.69) is 10.4 Å². The molecule has 148 valence electrons. The number of aromatic nitrogens is 2. The van der Waals surface area contributed by atoms with Crippen LogP contribution in [0.3, 0.4) is 0 Å². The Kier molecular flexibility index (Phi) is 8.34. The van der Waals surface area contributed by atoms with Gasteiger partial charge in [-0.1, -0.05) is 30.1 Å². The summed E-state index contributed by atoms with van der Waals surface area (Å²) >= 11 is 12.7. The third-order valence-electron chi connectivity index (χ3n) is 3.69. The molecule has 0 saturated heterocycles. The minimum absolute atomic E-state index is 0.250. The van der Waals surface area contributed by atoms with Crippen molar-refractivity contribution in [1.82, 2.24) is 9.78 Å². The number of carbonyl (C=O) groups excluding carboxylic acids is 2. The lowest BCUT2D eigenvalue weighted by Crippen LogP contribution is -2.33. The molecule has 27 heavy (non-hydrogen) atoms. The molecular weight excluding hydrogens is 406 g/mol. The van der Waals surface area contributed by atoms with Crippen molar-refractivity contribution < 1.29 is 22.8 Å². The second kappa shape index (κ2) is 9.78. The molecule has 1 aromatic carbocycles. The normalized spacial score (nSPS) is 12.0. The van der Waals surface area contributed by atoms with Crippen molar-refractivity contribution in [2.75, 3.05) is 5.32 Å². The fourth-order valence-electron chi connectivity index (χ4n) is 2.33. The largest absolute Gasteiger partial charge is 0.408 e. The number of nitrogens with zero attached hydrogens (tertiary/aromatic N) is 2. The molecule has 0 aliphatic carbocycles. The first kappa shape index (κ1) is 23.0. The van der Waals surface area contributed by atoms with Gasteiger partial charge < -0.3 is 5.32 Å². The van der Waals surface area contributed by atoms with Crippen LogP contribution < -0.4 is 5.32 Å². The summed E-state index contributed by atoms with van der Waals surface area (Å²) in [6, 6.07) is 3.00.